The van der Waals surface area contributed by atoms with Gasteiger partial charge in [-0.15, -0.1) is 0 Å². The summed E-state index contributed by atoms with van der Waals surface area (Å²) in [6.07, 6.45) is 2.46. The number of carbonyl (C=O) groups is 1. The van der Waals surface area contributed by atoms with E-state index in [0.29, 0.717) is 0 Å². The lowest BCUT2D eigenvalue weighted by Crippen LogP contribution is -2.24. The second kappa shape index (κ2) is 10.1. The van der Waals surface area contributed by atoms with Crippen LogP contribution in [0.5, 0.6) is 5.75 Å². The summed E-state index contributed by atoms with van der Waals surface area (Å²) in [4.78, 5) is 13.8. The zero-order valence-corrected chi connectivity index (χ0v) is 21.1. The van der Waals surface area contributed by atoms with Crippen molar-refractivity contribution in [3.63, 3.8) is 0 Å². The standard InChI is InChI=1S/C30H35NO4/c1-20-17-24(19-26(30(2,3)4)28(20)31-13-5-6-14-31)25-18-23(11-12-27(25)35-16-15-32)21-7-9-22(10-8-21)29(33)34/h7-12,17-19,32H,5-6,13-16H2,1-4H3,(H,33,34). The second-order valence-electron chi connectivity index (χ2n) is 10.3. The third-order valence-corrected chi connectivity index (χ3v) is 6.64. The van der Waals surface area contributed by atoms with Gasteiger partial charge in [-0.05, 0) is 89.4 Å². The van der Waals surface area contributed by atoms with Crippen molar-refractivity contribution in [1.29, 1.82) is 0 Å². The molecule has 1 aliphatic heterocycles. The number of carboxylic acids is 1. The Hall–Kier alpha value is -3.31. The number of ether oxygens (including phenoxy) is 1. The summed E-state index contributed by atoms with van der Waals surface area (Å²) >= 11 is 0. The molecule has 5 nitrogen and oxygen atoms in total. The molecule has 0 unspecified atom stereocenters. The van der Waals surface area contributed by atoms with E-state index in [9.17, 15) is 15.0 Å². The van der Waals surface area contributed by atoms with E-state index in [1.165, 1.54) is 29.7 Å². The van der Waals surface area contributed by atoms with Crippen molar-refractivity contribution < 1.29 is 19.7 Å². The van der Waals surface area contributed by atoms with E-state index in [1.807, 2.05) is 24.3 Å². The first-order valence-corrected chi connectivity index (χ1v) is 12.3. The van der Waals surface area contributed by atoms with Crippen molar-refractivity contribution >= 4 is 11.7 Å². The lowest BCUT2D eigenvalue weighted by Gasteiger charge is -2.31. The zero-order valence-electron chi connectivity index (χ0n) is 21.1. The minimum Gasteiger partial charge on any atom is -0.491 e. The molecule has 0 spiro atoms. The quantitative estimate of drug-likeness (QED) is 0.422. The Balaban J connectivity index is 1.85. The Bertz CT molecular complexity index is 1200. The molecule has 0 atom stereocenters. The normalized spacial score (nSPS) is 13.8. The van der Waals surface area contributed by atoms with Gasteiger partial charge in [-0.25, -0.2) is 4.79 Å². The number of anilines is 1. The lowest BCUT2D eigenvalue weighted by atomic mass is 9.82. The van der Waals surface area contributed by atoms with E-state index in [2.05, 4.69) is 50.8 Å². The van der Waals surface area contributed by atoms with Gasteiger partial charge in [-0.3, -0.25) is 0 Å². The van der Waals surface area contributed by atoms with Crippen LogP contribution in [0, 0.1) is 6.92 Å². The second-order valence-corrected chi connectivity index (χ2v) is 10.3. The van der Waals surface area contributed by atoms with Gasteiger partial charge in [0.25, 0.3) is 0 Å². The molecule has 184 valence electrons. The molecule has 0 bridgehead atoms. The number of carboxylic acid groups (broad SMARTS) is 1. The SMILES string of the molecule is Cc1cc(-c2cc(-c3ccc(C(=O)O)cc3)ccc2OCCO)cc(C(C)(C)C)c1N1CCCC1. The van der Waals surface area contributed by atoms with Gasteiger partial charge >= 0.3 is 5.97 Å². The summed E-state index contributed by atoms with van der Waals surface area (Å²) < 4.78 is 5.94. The largest absolute Gasteiger partial charge is 0.491 e. The zero-order chi connectivity index (χ0) is 25.2. The molecule has 3 aromatic rings. The van der Waals surface area contributed by atoms with Crippen molar-refractivity contribution in [3.05, 3.63) is 71.3 Å². The van der Waals surface area contributed by atoms with Crippen LogP contribution in [-0.2, 0) is 5.41 Å². The molecule has 1 aliphatic rings. The van der Waals surface area contributed by atoms with Crippen LogP contribution in [0.3, 0.4) is 0 Å². The van der Waals surface area contributed by atoms with Crippen molar-refractivity contribution in [2.75, 3.05) is 31.2 Å². The summed E-state index contributed by atoms with van der Waals surface area (Å²) in [7, 11) is 0. The first-order chi connectivity index (χ1) is 16.7. The first-order valence-electron chi connectivity index (χ1n) is 12.3. The third kappa shape index (κ3) is 5.35. The molecule has 3 aromatic carbocycles. The van der Waals surface area contributed by atoms with Crippen LogP contribution in [0.15, 0.2) is 54.6 Å². The molecule has 0 radical (unpaired) electrons. The van der Waals surface area contributed by atoms with E-state index in [-0.39, 0.29) is 24.2 Å². The molecular formula is C30H35NO4. The third-order valence-electron chi connectivity index (χ3n) is 6.64. The molecule has 1 fully saturated rings. The number of benzene rings is 3. The molecule has 0 aliphatic carbocycles. The predicted molar refractivity (Wildman–Crippen MR) is 142 cm³/mol. The van der Waals surface area contributed by atoms with Gasteiger partial charge in [0, 0.05) is 24.3 Å². The van der Waals surface area contributed by atoms with Gasteiger partial charge < -0.3 is 19.8 Å². The average molecular weight is 474 g/mol. The summed E-state index contributed by atoms with van der Waals surface area (Å²) in [6, 6.07) is 17.5. The van der Waals surface area contributed by atoms with Crippen molar-refractivity contribution in [2.45, 2.75) is 46.0 Å². The average Bonchev–Trinajstić information content (AvgIpc) is 3.36. The highest BCUT2D eigenvalue weighted by Crippen LogP contribution is 2.42. The van der Waals surface area contributed by atoms with Crippen molar-refractivity contribution in [1.82, 2.24) is 0 Å². The summed E-state index contributed by atoms with van der Waals surface area (Å²) in [5.74, 6) is -0.216. The van der Waals surface area contributed by atoms with Crippen LogP contribution in [0.25, 0.3) is 22.3 Å². The maximum Gasteiger partial charge on any atom is 0.335 e. The number of aromatic carboxylic acids is 1. The Morgan fingerprint density at radius 1 is 0.943 bits per heavy atom. The van der Waals surface area contributed by atoms with E-state index < -0.39 is 5.97 Å². The smallest absolute Gasteiger partial charge is 0.335 e. The molecule has 35 heavy (non-hydrogen) atoms. The first kappa shape index (κ1) is 24.8. The molecule has 1 heterocycles. The minimum atomic E-state index is -0.937. The van der Waals surface area contributed by atoms with Crippen LogP contribution in [0.4, 0.5) is 5.69 Å². The van der Waals surface area contributed by atoms with Crippen LogP contribution in [0.1, 0.15) is 55.1 Å². The Kier molecular flexibility index (Phi) is 7.18. The number of hydrogen-bond donors (Lipinski definition) is 2. The minimum absolute atomic E-state index is 0.0327. The predicted octanol–water partition coefficient (Wildman–Crippen LogP) is 6.30. The van der Waals surface area contributed by atoms with Gasteiger partial charge in [0.2, 0.25) is 0 Å². The fraction of sp³-hybridized carbons (Fsp3) is 0.367. The monoisotopic (exact) mass is 473 g/mol. The molecule has 1 saturated heterocycles. The van der Waals surface area contributed by atoms with E-state index in [0.717, 1.165) is 41.1 Å². The van der Waals surface area contributed by atoms with Crippen LogP contribution in [-0.4, -0.2) is 42.5 Å². The van der Waals surface area contributed by atoms with E-state index >= 15 is 0 Å². The van der Waals surface area contributed by atoms with E-state index in [1.54, 1.807) is 12.1 Å². The molecule has 0 amide bonds. The number of nitrogens with zero attached hydrogens (tertiary/aromatic N) is 1. The van der Waals surface area contributed by atoms with Gasteiger partial charge in [0.05, 0.1) is 12.2 Å². The molecule has 4 rings (SSSR count). The Morgan fingerprint density at radius 2 is 1.60 bits per heavy atom. The fourth-order valence-corrected chi connectivity index (χ4v) is 4.89. The molecule has 2 N–H and O–H groups in total. The van der Waals surface area contributed by atoms with Gasteiger partial charge in [0.1, 0.15) is 12.4 Å². The van der Waals surface area contributed by atoms with Crippen LogP contribution in [0.2, 0.25) is 0 Å². The number of rotatable bonds is 7. The maximum absolute atomic E-state index is 11.3. The topological polar surface area (TPSA) is 70.0 Å². The summed E-state index contributed by atoms with van der Waals surface area (Å²) in [5.41, 5.74) is 8.09. The number of aliphatic hydroxyl groups is 1. The molecule has 0 saturated carbocycles. The van der Waals surface area contributed by atoms with Gasteiger partial charge in [0.15, 0.2) is 0 Å². The van der Waals surface area contributed by atoms with Crippen LogP contribution >= 0.6 is 0 Å². The molecule has 0 aromatic heterocycles. The highest BCUT2D eigenvalue weighted by molar-refractivity contribution is 5.88. The Morgan fingerprint density at radius 3 is 2.20 bits per heavy atom. The summed E-state index contributed by atoms with van der Waals surface area (Å²) in [6.45, 7) is 11.3. The number of hydrogen-bond acceptors (Lipinski definition) is 4. The van der Waals surface area contributed by atoms with Gasteiger partial charge in [-0.1, -0.05) is 39.0 Å². The molecular weight excluding hydrogens is 438 g/mol. The van der Waals surface area contributed by atoms with E-state index in [4.69, 9.17) is 4.74 Å². The lowest BCUT2D eigenvalue weighted by molar-refractivity contribution is 0.0697. The highest BCUT2D eigenvalue weighted by Gasteiger charge is 2.26. The van der Waals surface area contributed by atoms with Crippen molar-refractivity contribution in [2.24, 2.45) is 0 Å². The van der Waals surface area contributed by atoms with Crippen molar-refractivity contribution in [3.8, 4) is 28.0 Å². The Labute approximate surface area is 208 Å². The maximum atomic E-state index is 11.3. The number of aliphatic hydroxyl groups excluding tert-OH is 1. The molecule has 5 heteroatoms. The van der Waals surface area contributed by atoms with Gasteiger partial charge in [-0.2, -0.15) is 0 Å². The fourth-order valence-electron chi connectivity index (χ4n) is 4.89. The summed E-state index contributed by atoms with van der Waals surface area (Å²) in [5, 5.41) is 18.6. The number of aryl methyl sites for hydroxylation is 1. The van der Waals surface area contributed by atoms with Crippen LogP contribution < -0.4 is 9.64 Å². The highest BCUT2D eigenvalue weighted by atomic mass is 16.5.